The second-order valence-corrected chi connectivity index (χ2v) is 3.91. The number of hydrogen-bond donors (Lipinski definition) is 0. The molecular formula is C12H13FN2O4. The van der Waals surface area contributed by atoms with Gasteiger partial charge in [-0.25, -0.2) is 9.18 Å². The molecule has 0 fully saturated rings. The van der Waals surface area contributed by atoms with Crippen LogP contribution in [0.2, 0.25) is 0 Å². The number of nitrogens with zero attached hydrogens (tertiary/aromatic N) is 2. The number of halogens is 1. The molecule has 0 amide bonds. The van der Waals surface area contributed by atoms with Gasteiger partial charge in [-0.2, -0.15) is 0 Å². The lowest BCUT2D eigenvalue weighted by Crippen LogP contribution is -2.08. The average molecular weight is 268 g/mol. The summed E-state index contributed by atoms with van der Waals surface area (Å²) in [6.07, 6.45) is 2.89. The van der Waals surface area contributed by atoms with E-state index in [1.807, 2.05) is 0 Å². The van der Waals surface area contributed by atoms with Gasteiger partial charge in [-0.1, -0.05) is 0 Å². The van der Waals surface area contributed by atoms with Crippen molar-refractivity contribution in [2.24, 2.45) is 0 Å². The van der Waals surface area contributed by atoms with E-state index in [2.05, 4.69) is 4.74 Å². The molecule has 0 heterocycles. The van der Waals surface area contributed by atoms with Gasteiger partial charge in [-0.15, -0.1) is 0 Å². The molecule has 0 aromatic heterocycles. The predicted octanol–water partition coefficient (Wildman–Crippen LogP) is 2.05. The maximum atomic E-state index is 13.3. The van der Waals surface area contributed by atoms with Crippen LogP contribution in [0, 0.1) is 15.9 Å². The van der Waals surface area contributed by atoms with E-state index < -0.39 is 22.4 Å². The van der Waals surface area contributed by atoms with Crippen molar-refractivity contribution in [2.45, 2.75) is 0 Å². The van der Waals surface area contributed by atoms with Crippen molar-refractivity contribution >= 4 is 17.7 Å². The van der Waals surface area contributed by atoms with Crippen LogP contribution in [0.15, 0.2) is 18.3 Å². The van der Waals surface area contributed by atoms with Gasteiger partial charge in [0.1, 0.15) is 5.82 Å². The highest BCUT2D eigenvalue weighted by atomic mass is 19.1. The van der Waals surface area contributed by atoms with Crippen LogP contribution >= 0.6 is 0 Å². The number of hydrogen-bond acceptors (Lipinski definition) is 5. The first-order valence-corrected chi connectivity index (χ1v) is 5.27. The summed E-state index contributed by atoms with van der Waals surface area (Å²) < 4.78 is 17.8. The Bertz CT molecular complexity index is 541. The fourth-order valence-electron chi connectivity index (χ4n) is 1.43. The zero-order chi connectivity index (χ0) is 14.6. The fraction of sp³-hybridized carbons (Fsp3) is 0.250. The summed E-state index contributed by atoms with van der Waals surface area (Å²) in [7, 11) is 4.55. The Morgan fingerprint density at radius 3 is 2.58 bits per heavy atom. The van der Waals surface area contributed by atoms with Crippen molar-refractivity contribution in [3.05, 3.63) is 45.4 Å². The molecule has 0 atom stereocenters. The van der Waals surface area contributed by atoms with E-state index in [1.54, 1.807) is 19.0 Å². The van der Waals surface area contributed by atoms with Gasteiger partial charge in [0.15, 0.2) is 0 Å². The van der Waals surface area contributed by atoms with Gasteiger partial charge in [0, 0.05) is 14.1 Å². The summed E-state index contributed by atoms with van der Waals surface area (Å²) in [5.41, 5.74) is -0.669. The number of nitro groups is 1. The highest BCUT2D eigenvalue weighted by Crippen LogP contribution is 2.26. The molecule has 0 aliphatic rings. The Morgan fingerprint density at radius 1 is 1.47 bits per heavy atom. The minimum absolute atomic E-state index is 0.00644. The maximum Gasteiger partial charge on any atom is 0.338 e. The zero-order valence-corrected chi connectivity index (χ0v) is 10.7. The van der Waals surface area contributed by atoms with Crippen molar-refractivity contribution in [1.82, 2.24) is 4.90 Å². The highest BCUT2D eigenvalue weighted by Gasteiger charge is 2.22. The summed E-state index contributed by atoms with van der Waals surface area (Å²) >= 11 is 0. The Morgan fingerprint density at radius 2 is 2.11 bits per heavy atom. The molecule has 0 aliphatic heterocycles. The number of carbonyl (C=O) groups excluding carboxylic acids is 1. The van der Waals surface area contributed by atoms with Gasteiger partial charge in [0.2, 0.25) is 0 Å². The molecule has 0 saturated heterocycles. The van der Waals surface area contributed by atoms with E-state index in [0.717, 1.165) is 19.2 Å². The largest absolute Gasteiger partial charge is 0.465 e. The second-order valence-electron chi connectivity index (χ2n) is 3.91. The molecule has 1 rings (SSSR count). The molecule has 19 heavy (non-hydrogen) atoms. The van der Waals surface area contributed by atoms with Crippen molar-refractivity contribution < 1.29 is 18.8 Å². The Balaban J connectivity index is 3.51. The summed E-state index contributed by atoms with van der Waals surface area (Å²) in [5.74, 6) is -1.70. The SMILES string of the molecule is COC(=O)c1cc(F)cc([N+](=O)[O-])c1C=CN(C)C. The van der Waals surface area contributed by atoms with Crippen LogP contribution in [0.3, 0.4) is 0 Å². The van der Waals surface area contributed by atoms with Crippen LogP contribution in [0.1, 0.15) is 15.9 Å². The lowest BCUT2D eigenvalue weighted by Gasteiger charge is -2.07. The van der Waals surface area contributed by atoms with Crippen molar-refractivity contribution in [2.75, 3.05) is 21.2 Å². The number of benzene rings is 1. The second kappa shape index (κ2) is 5.94. The van der Waals surface area contributed by atoms with Crippen LogP contribution < -0.4 is 0 Å². The molecule has 102 valence electrons. The predicted molar refractivity (Wildman–Crippen MR) is 67.1 cm³/mol. The van der Waals surface area contributed by atoms with Crippen molar-refractivity contribution in [1.29, 1.82) is 0 Å². The quantitative estimate of drug-likeness (QED) is 0.474. The minimum atomic E-state index is -0.867. The van der Waals surface area contributed by atoms with Gasteiger partial charge < -0.3 is 9.64 Å². The Labute approximate surface area is 109 Å². The van der Waals surface area contributed by atoms with E-state index in [-0.39, 0.29) is 11.1 Å². The van der Waals surface area contributed by atoms with Gasteiger partial charge >= 0.3 is 5.97 Å². The van der Waals surface area contributed by atoms with Crippen molar-refractivity contribution in [3.8, 4) is 0 Å². The molecule has 0 saturated carbocycles. The topological polar surface area (TPSA) is 72.7 Å². The first kappa shape index (κ1) is 14.6. The third-order valence-electron chi connectivity index (χ3n) is 2.26. The smallest absolute Gasteiger partial charge is 0.338 e. The lowest BCUT2D eigenvalue weighted by molar-refractivity contribution is -0.385. The maximum absolute atomic E-state index is 13.3. The average Bonchev–Trinajstić information content (AvgIpc) is 2.34. The number of methoxy groups -OCH3 is 1. The molecule has 0 N–H and O–H groups in total. The molecule has 0 spiro atoms. The third-order valence-corrected chi connectivity index (χ3v) is 2.26. The molecule has 0 bridgehead atoms. The van der Waals surface area contributed by atoms with Crippen LogP contribution in [-0.4, -0.2) is 37.0 Å². The number of carbonyl (C=O) groups is 1. The molecule has 7 heteroatoms. The molecule has 1 aromatic rings. The lowest BCUT2D eigenvalue weighted by atomic mass is 10.0. The normalized spacial score (nSPS) is 10.5. The zero-order valence-electron chi connectivity index (χ0n) is 10.7. The summed E-state index contributed by atoms with van der Waals surface area (Å²) in [6.45, 7) is 0. The first-order valence-electron chi connectivity index (χ1n) is 5.27. The number of nitro benzene ring substituents is 1. The Kier molecular flexibility index (Phi) is 4.57. The van der Waals surface area contributed by atoms with Gasteiger partial charge in [0.05, 0.1) is 29.2 Å². The summed E-state index contributed by atoms with van der Waals surface area (Å²) in [4.78, 5) is 23.4. The monoisotopic (exact) mass is 268 g/mol. The van der Waals surface area contributed by atoms with Crippen LogP contribution in [0.5, 0.6) is 0 Å². The molecular weight excluding hydrogens is 255 g/mol. The third kappa shape index (κ3) is 3.51. The van der Waals surface area contributed by atoms with E-state index in [0.29, 0.717) is 0 Å². The standard InChI is InChI=1S/C12H13FN2O4/c1-14(2)5-4-9-10(12(16)19-3)6-8(13)7-11(9)15(17)18/h4-7H,1-3H3. The molecule has 0 unspecified atom stereocenters. The van der Waals surface area contributed by atoms with E-state index in [9.17, 15) is 19.3 Å². The van der Waals surface area contributed by atoms with Gasteiger partial charge in [-0.3, -0.25) is 10.1 Å². The van der Waals surface area contributed by atoms with Crippen LogP contribution in [0.4, 0.5) is 10.1 Å². The van der Waals surface area contributed by atoms with Gasteiger partial charge in [0.25, 0.3) is 5.69 Å². The molecule has 0 radical (unpaired) electrons. The Hall–Kier alpha value is -2.44. The first-order chi connectivity index (χ1) is 8.86. The number of ether oxygens (including phenoxy) is 1. The van der Waals surface area contributed by atoms with Crippen LogP contribution in [-0.2, 0) is 4.74 Å². The summed E-state index contributed by atoms with van der Waals surface area (Å²) in [6, 6.07) is 1.68. The molecule has 6 nitrogen and oxygen atoms in total. The molecule has 1 aromatic carbocycles. The highest BCUT2D eigenvalue weighted by molar-refractivity contribution is 5.95. The van der Waals surface area contributed by atoms with E-state index in [4.69, 9.17) is 0 Å². The fourth-order valence-corrected chi connectivity index (χ4v) is 1.43. The van der Waals surface area contributed by atoms with E-state index >= 15 is 0 Å². The minimum Gasteiger partial charge on any atom is -0.465 e. The number of rotatable bonds is 4. The van der Waals surface area contributed by atoms with Gasteiger partial charge in [-0.05, 0) is 18.3 Å². The van der Waals surface area contributed by atoms with E-state index in [1.165, 1.54) is 12.3 Å². The summed E-state index contributed by atoms with van der Waals surface area (Å²) in [5, 5.41) is 10.9. The number of esters is 1. The van der Waals surface area contributed by atoms with Crippen LogP contribution in [0.25, 0.3) is 6.08 Å². The molecule has 0 aliphatic carbocycles. The van der Waals surface area contributed by atoms with Crippen molar-refractivity contribution in [3.63, 3.8) is 0 Å².